The van der Waals surface area contributed by atoms with Gasteiger partial charge in [-0.1, -0.05) is 19.0 Å². The predicted octanol–water partition coefficient (Wildman–Crippen LogP) is 1.84. The SMILES string of the molecule is CC(C)c1nc(CCN(C)c2cc(N)nc(N3CCCC3)n2)no1. The molecule has 0 saturated carbocycles. The van der Waals surface area contributed by atoms with E-state index < -0.39 is 0 Å². The van der Waals surface area contributed by atoms with Gasteiger partial charge in [-0.2, -0.15) is 15.0 Å². The van der Waals surface area contributed by atoms with Crippen molar-refractivity contribution in [3.05, 3.63) is 17.8 Å². The van der Waals surface area contributed by atoms with Gasteiger partial charge in [-0.05, 0) is 12.8 Å². The van der Waals surface area contributed by atoms with Gasteiger partial charge in [-0.25, -0.2) is 0 Å². The van der Waals surface area contributed by atoms with Crippen molar-refractivity contribution >= 4 is 17.6 Å². The molecule has 0 radical (unpaired) electrons. The molecule has 1 fully saturated rings. The highest BCUT2D eigenvalue weighted by atomic mass is 16.5. The standard InChI is InChI=1S/C16H25N7O/c1-11(2)15-19-13(21-24-15)6-9-22(3)14-10-12(17)18-16(20-14)23-7-4-5-8-23/h10-11H,4-9H2,1-3H3,(H2,17,18,20). The van der Waals surface area contributed by atoms with Crippen molar-refractivity contribution in [1.82, 2.24) is 20.1 Å². The quantitative estimate of drug-likeness (QED) is 0.856. The van der Waals surface area contributed by atoms with Gasteiger partial charge in [0.15, 0.2) is 5.82 Å². The number of nitrogen functional groups attached to an aromatic ring is 1. The molecule has 2 aromatic rings. The van der Waals surface area contributed by atoms with E-state index in [1.807, 2.05) is 25.8 Å². The fourth-order valence-electron chi connectivity index (χ4n) is 2.68. The molecule has 0 bridgehead atoms. The highest BCUT2D eigenvalue weighted by molar-refractivity contribution is 5.52. The molecule has 2 N–H and O–H groups in total. The summed E-state index contributed by atoms with van der Waals surface area (Å²) in [6.45, 7) is 6.79. The van der Waals surface area contributed by atoms with Gasteiger partial charge in [-0.3, -0.25) is 0 Å². The summed E-state index contributed by atoms with van der Waals surface area (Å²) < 4.78 is 5.24. The second kappa shape index (κ2) is 7.02. The molecule has 1 aliphatic heterocycles. The number of nitrogens with zero attached hydrogens (tertiary/aromatic N) is 6. The Balaban J connectivity index is 1.66. The summed E-state index contributed by atoms with van der Waals surface area (Å²) in [5, 5.41) is 4.02. The van der Waals surface area contributed by atoms with E-state index >= 15 is 0 Å². The van der Waals surface area contributed by atoms with Gasteiger partial charge >= 0.3 is 0 Å². The zero-order chi connectivity index (χ0) is 17.1. The third-order valence-corrected chi connectivity index (χ3v) is 4.15. The number of hydrogen-bond acceptors (Lipinski definition) is 8. The van der Waals surface area contributed by atoms with Crippen molar-refractivity contribution in [1.29, 1.82) is 0 Å². The van der Waals surface area contributed by atoms with E-state index in [0.29, 0.717) is 24.0 Å². The lowest BCUT2D eigenvalue weighted by Crippen LogP contribution is -2.25. The number of hydrogen-bond donors (Lipinski definition) is 1. The van der Waals surface area contributed by atoms with Gasteiger partial charge in [0.05, 0.1) is 0 Å². The summed E-state index contributed by atoms with van der Waals surface area (Å²) in [6, 6.07) is 1.80. The number of likely N-dealkylation sites (N-methyl/N-ethyl adjacent to an activating group) is 1. The van der Waals surface area contributed by atoms with Crippen LogP contribution in [0.15, 0.2) is 10.6 Å². The molecule has 1 saturated heterocycles. The van der Waals surface area contributed by atoms with Crippen LogP contribution in [0.25, 0.3) is 0 Å². The first-order valence-electron chi connectivity index (χ1n) is 8.46. The molecule has 0 atom stereocenters. The van der Waals surface area contributed by atoms with Crippen molar-refractivity contribution in [2.45, 2.75) is 39.0 Å². The molecule has 0 spiro atoms. The molecule has 0 unspecified atom stereocenters. The molecule has 0 aliphatic carbocycles. The summed E-state index contributed by atoms with van der Waals surface area (Å²) >= 11 is 0. The van der Waals surface area contributed by atoms with Crippen LogP contribution in [0.1, 0.15) is 44.3 Å². The second-order valence-corrected chi connectivity index (χ2v) is 6.52. The Bertz CT molecular complexity index is 679. The van der Waals surface area contributed by atoms with Crippen LogP contribution in [0.4, 0.5) is 17.6 Å². The summed E-state index contributed by atoms with van der Waals surface area (Å²) in [6.07, 6.45) is 3.05. The lowest BCUT2D eigenvalue weighted by Gasteiger charge is -2.21. The molecule has 3 rings (SSSR count). The van der Waals surface area contributed by atoms with Gasteiger partial charge in [-0.15, -0.1) is 0 Å². The Hall–Kier alpha value is -2.38. The summed E-state index contributed by atoms with van der Waals surface area (Å²) in [5.41, 5.74) is 5.96. The molecule has 0 amide bonds. The Morgan fingerprint density at radius 1 is 1.25 bits per heavy atom. The summed E-state index contributed by atoms with van der Waals surface area (Å²) in [4.78, 5) is 17.7. The fraction of sp³-hybridized carbons (Fsp3) is 0.625. The Labute approximate surface area is 142 Å². The Morgan fingerprint density at radius 2 is 2.00 bits per heavy atom. The van der Waals surface area contributed by atoms with Crippen molar-refractivity contribution in [2.24, 2.45) is 0 Å². The van der Waals surface area contributed by atoms with Crippen LogP contribution in [0, 0.1) is 0 Å². The molecular formula is C16H25N7O. The first-order chi connectivity index (χ1) is 11.5. The Morgan fingerprint density at radius 3 is 2.67 bits per heavy atom. The van der Waals surface area contributed by atoms with E-state index in [1.54, 1.807) is 6.07 Å². The van der Waals surface area contributed by atoms with Crippen LogP contribution in [-0.4, -0.2) is 46.8 Å². The van der Waals surface area contributed by atoms with E-state index in [-0.39, 0.29) is 5.92 Å². The smallest absolute Gasteiger partial charge is 0.229 e. The third-order valence-electron chi connectivity index (χ3n) is 4.15. The maximum absolute atomic E-state index is 5.96. The minimum atomic E-state index is 0.244. The van der Waals surface area contributed by atoms with Crippen LogP contribution >= 0.6 is 0 Å². The van der Waals surface area contributed by atoms with E-state index in [0.717, 1.165) is 31.4 Å². The van der Waals surface area contributed by atoms with Gasteiger partial charge < -0.3 is 20.1 Å². The first-order valence-corrected chi connectivity index (χ1v) is 8.46. The molecule has 24 heavy (non-hydrogen) atoms. The lowest BCUT2D eigenvalue weighted by molar-refractivity contribution is 0.360. The summed E-state index contributed by atoms with van der Waals surface area (Å²) in [7, 11) is 1.99. The van der Waals surface area contributed by atoms with Crippen LogP contribution in [0.5, 0.6) is 0 Å². The number of rotatable bonds is 6. The molecule has 0 aromatic carbocycles. The zero-order valence-electron chi connectivity index (χ0n) is 14.6. The van der Waals surface area contributed by atoms with Crippen molar-refractivity contribution in [3.63, 3.8) is 0 Å². The van der Waals surface area contributed by atoms with E-state index in [2.05, 4.69) is 25.0 Å². The summed E-state index contributed by atoms with van der Waals surface area (Å²) in [5.74, 6) is 3.67. The topological polar surface area (TPSA) is 97.2 Å². The Kier molecular flexibility index (Phi) is 4.82. The monoisotopic (exact) mass is 331 g/mol. The van der Waals surface area contributed by atoms with Gasteiger partial charge in [0, 0.05) is 45.1 Å². The number of aromatic nitrogens is 4. The molecule has 8 nitrogen and oxygen atoms in total. The normalized spacial score (nSPS) is 14.6. The van der Waals surface area contributed by atoms with Crippen molar-refractivity contribution in [3.8, 4) is 0 Å². The molecule has 2 aromatic heterocycles. The fourth-order valence-corrected chi connectivity index (χ4v) is 2.68. The average molecular weight is 331 g/mol. The minimum absolute atomic E-state index is 0.244. The minimum Gasteiger partial charge on any atom is -0.383 e. The maximum atomic E-state index is 5.96. The lowest BCUT2D eigenvalue weighted by atomic mass is 10.2. The number of nitrogens with two attached hydrogens (primary N) is 1. The van der Waals surface area contributed by atoms with E-state index in [1.165, 1.54) is 12.8 Å². The largest absolute Gasteiger partial charge is 0.383 e. The molecule has 8 heteroatoms. The molecular weight excluding hydrogens is 306 g/mol. The van der Waals surface area contributed by atoms with Crippen LogP contribution in [0.2, 0.25) is 0 Å². The maximum Gasteiger partial charge on any atom is 0.229 e. The van der Waals surface area contributed by atoms with Crippen molar-refractivity contribution < 1.29 is 4.52 Å². The van der Waals surface area contributed by atoms with Crippen LogP contribution in [-0.2, 0) is 6.42 Å². The third kappa shape index (κ3) is 3.74. The van der Waals surface area contributed by atoms with Gasteiger partial charge in [0.2, 0.25) is 11.8 Å². The highest BCUT2D eigenvalue weighted by Gasteiger charge is 2.17. The molecule has 3 heterocycles. The molecule has 1 aliphatic rings. The zero-order valence-corrected chi connectivity index (χ0v) is 14.6. The van der Waals surface area contributed by atoms with E-state index in [9.17, 15) is 0 Å². The van der Waals surface area contributed by atoms with Crippen LogP contribution < -0.4 is 15.5 Å². The average Bonchev–Trinajstić information content (AvgIpc) is 3.23. The van der Waals surface area contributed by atoms with Gasteiger partial charge in [0.25, 0.3) is 0 Å². The second-order valence-electron chi connectivity index (χ2n) is 6.52. The predicted molar refractivity (Wildman–Crippen MR) is 93.3 cm³/mol. The first kappa shape index (κ1) is 16.5. The van der Waals surface area contributed by atoms with Gasteiger partial charge in [0.1, 0.15) is 11.6 Å². The van der Waals surface area contributed by atoms with E-state index in [4.69, 9.17) is 10.3 Å². The molecule has 130 valence electrons. The van der Waals surface area contributed by atoms with Crippen LogP contribution in [0.3, 0.4) is 0 Å². The highest BCUT2D eigenvalue weighted by Crippen LogP contribution is 2.21. The van der Waals surface area contributed by atoms with Crippen molar-refractivity contribution in [2.75, 3.05) is 42.2 Å². The number of anilines is 3.